The van der Waals surface area contributed by atoms with Gasteiger partial charge in [-0.3, -0.25) is 0 Å². The average Bonchev–Trinajstić information content (AvgIpc) is 3.27. The van der Waals surface area contributed by atoms with Crippen LogP contribution in [0, 0.1) is 12.7 Å². The monoisotopic (exact) mass is 365 g/mol. The predicted octanol–water partition coefficient (Wildman–Crippen LogP) is 3.97. The first kappa shape index (κ1) is 17.0. The molecule has 0 unspecified atom stereocenters. The predicted molar refractivity (Wildman–Crippen MR) is 96.8 cm³/mol. The summed E-state index contributed by atoms with van der Waals surface area (Å²) in [5.74, 6) is 0.702. The molecule has 136 valence electrons. The van der Waals surface area contributed by atoms with E-state index in [0.717, 1.165) is 11.5 Å². The number of fused-ring (bicyclic) bond motifs is 1. The highest BCUT2D eigenvalue weighted by Crippen LogP contribution is 2.26. The molecule has 0 aliphatic rings. The van der Waals surface area contributed by atoms with E-state index in [1.807, 2.05) is 19.1 Å². The van der Waals surface area contributed by atoms with E-state index in [0.29, 0.717) is 34.4 Å². The summed E-state index contributed by atoms with van der Waals surface area (Å²) in [5.41, 5.74) is 2.08. The van der Waals surface area contributed by atoms with Crippen LogP contribution in [0.1, 0.15) is 21.9 Å². The van der Waals surface area contributed by atoms with Crippen molar-refractivity contribution >= 4 is 17.0 Å². The lowest BCUT2D eigenvalue weighted by Crippen LogP contribution is -2.06. The molecule has 0 atom stereocenters. The molecule has 0 spiro atoms. The molecular formula is C20H16FN3O3. The number of hydrogen-bond acceptors (Lipinski definition) is 5. The summed E-state index contributed by atoms with van der Waals surface area (Å²) in [6.07, 6.45) is 1.58. The molecule has 0 saturated heterocycles. The Bertz CT molecular complexity index is 1130. The van der Waals surface area contributed by atoms with Gasteiger partial charge in [-0.1, -0.05) is 0 Å². The number of aryl methyl sites for hydroxylation is 1. The van der Waals surface area contributed by atoms with Crippen LogP contribution in [0.5, 0.6) is 0 Å². The van der Waals surface area contributed by atoms with Crippen LogP contribution in [0.4, 0.5) is 4.39 Å². The van der Waals surface area contributed by atoms with Gasteiger partial charge in [-0.15, -0.1) is 0 Å². The van der Waals surface area contributed by atoms with Crippen molar-refractivity contribution in [3.8, 4) is 11.3 Å². The minimum absolute atomic E-state index is 0.341. The third kappa shape index (κ3) is 3.19. The molecule has 4 aromatic rings. The Morgan fingerprint density at radius 2 is 2.00 bits per heavy atom. The van der Waals surface area contributed by atoms with Crippen LogP contribution in [0.2, 0.25) is 0 Å². The van der Waals surface area contributed by atoms with E-state index < -0.39 is 5.97 Å². The number of hydrogen-bond donors (Lipinski definition) is 0. The molecule has 0 radical (unpaired) electrons. The Balaban J connectivity index is 1.87. The van der Waals surface area contributed by atoms with E-state index in [-0.39, 0.29) is 5.82 Å². The van der Waals surface area contributed by atoms with Crippen molar-refractivity contribution < 1.29 is 18.3 Å². The molecule has 1 aromatic carbocycles. The van der Waals surface area contributed by atoms with Crippen LogP contribution in [-0.4, -0.2) is 27.8 Å². The van der Waals surface area contributed by atoms with Crippen LogP contribution < -0.4 is 0 Å². The fourth-order valence-corrected chi connectivity index (χ4v) is 2.93. The van der Waals surface area contributed by atoms with E-state index in [1.165, 1.54) is 19.2 Å². The first-order valence-electron chi connectivity index (χ1n) is 8.31. The molecule has 7 heteroatoms. The zero-order chi connectivity index (χ0) is 19.0. The molecule has 0 bridgehead atoms. The van der Waals surface area contributed by atoms with Crippen LogP contribution in [0.15, 0.2) is 53.1 Å². The highest BCUT2D eigenvalue weighted by Gasteiger charge is 2.18. The van der Waals surface area contributed by atoms with Crippen molar-refractivity contribution in [1.82, 2.24) is 14.8 Å². The highest BCUT2D eigenvalue weighted by atomic mass is 19.1. The van der Waals surface area contributed by atoms with Crippen molar-refractivity contribution in [3.05, 3.63) is 71.6 Å². The molecule has 3 heterocycles. The first-order chi connectivity index (χ1) is 13.0. The molecule has 0 saturated carbocycles. The maximum absolute atomic E-state index is 13.3. The van der Waals surface area contributed by atoms with E-state index in [9.17, 15) is 9.18 Å². The van der Waals surface area contributed by atoms with Crippen molar-refractivity contribution in [1.29, 1.82) is 0 Å². The van der Waals surface area contributed by atoms with Gasteiger partial charge in [0, 0.05) is 5.56 Å². The number of benzene rings is 1. The van der Waals surface area contributed by atoms with Gasteiger partial charge in [-0.05, 0) is 49.4 Å². The standard InChI is InChI=1S/C20H16FN3O3/c1-12-3-8-15(27-12)11-24-19-17(10-22-24)16(20(25)26-2)9-18(23-19)13-4-6-14(21)7-5-13/h3-10H,11H2,1-2H3. The fourth-order valence-electron chi connectivity index (χ4n) is 2.93. The Kier molecular flexibility index (Phi) is 4.19. The number of furan rings is 1. The van der Waals surface area contributed by atoms with E-state index in [1.54, 1.807) is 29.1 Å². The van der Waals surface area contributed by atoms with Crippen LogP contribution >= 0.6 is 0 Å². The molecule has 4 rings (SSSR count). The minimum Gasteiger partial charge on any atom is -0.465 e. The second-order valence-electron chi connectivity index (χ2n) is 6.11. The van der Waals surface area contributed by atoms with Gasteiger partial charge in [-0.2, -0.15) is 5.10 Å². The Hall–Kier alpha value is -3.48. The molecule has 0 aliphatic carbocycles. The third-order valence-electron chi connectivity index (χ3n) is 4.26. The maximum atomic E-state index is 13.3. The molecule has 0 aliphatic heterocycles. The zero-order valence-corrected chi connectivity index (χ0v) is 14.8. The summed E-state index contributed by atoms with van der Waals surface area (Å²) < 4.78 is 25.4. The minimum atomic E-state index is -0.487. The quantitative estimate of drug-likeness (QED) is 0.512. The number of carbonyl (C=O) groups is 1. The highest BCUT2D eigenvalue weighted by molar-refractivity contribution is 6.03. The van der Waals surface area contributed by atoms with E-state index in [4.69, 9.17) is 9.15 Å². The molecule has 0 fully saturated rings. The van der Waals surface area contributed by atoms with Crippen LogP contribution in [0.25, 0.3) is 22.3 Å². The van der Waals surface area contributed by atoms with Gasteiger partial charge in [0.25, 0.3) is 0 Å². The summed E-state index contributed by atoms with van der Waals surface area (Å²) in [6, 6.07) is 11.3. The lowest BCUT2D eigenvalue weighted by Gasteiger charge is -2.07. The molecule has 0 N–H and O–H groups in total. The topological polar surface area (TPSA) is 70.2 Å². The van der Waals surface area contributed by atoms with Crippen molar-refractivity contribution in [2.45, 2.75) is 13.5 Å². The van der Waals surface area contributed by atoms with Gasteiger partial charge in [0.15, 0.2) is 5.65 Å². The Morgan fingerprint density at radius 1 is 1.22 bits per heavy atom. The number of rotatable bonds is 4. The van der Waals surface area contributed by atoms with Crippen LogP contribution in [-0.2, 0) is 11.3 Å². The number of ether oxygens (including phenoxy) is 1. The summed E-state index contributed by atoms with van der Waals surface area (Å²) in [6.45, 7) is 2.24. The van der Waals surface area contributed by atoms with Gasteiger partial charge in [0.05, 0.1) is 30.0 Å². The van der Waals surface area contributed by atoms with Crippen molar-refractivity contribution in [3.63, 3.8) is 0 Å². The molecule has 0 amide bonds. The summed E-state index contributed by atoms with van der Waals surface area (Å²) >= 11 is 0. The number of carbonyl (C=O) groups excluding carboxylic acids is 1. The summed E-state index contributed by atoms with van der Waals surface area (Å²) in [4.78, 5) is 16.9. The number of halogens is 1. The zero-order valence-electron chi connectivity index (χ0n) is 14.8. The lowest BCUT2D eigenvalue weighted by atomic mass is 10.1. The SMILES string of the molecule is COC(=O)c1cc(-c2ccc(F)cc2)nc2c1cnn2Cc1ccc(C)o1. The second kappa shape index (κ2) is 6.68. The van der Waals surface area contributed by atoms with E-state index in [2.05, 4.69) is 10.1 Å². The summed E-state index contributed by atoms with van der Waals surface area (Å²) in [5, 5.41) is 4.93. The van der Waals surface area contributed by atoms with Gasteiger partial charge >= 0.3 is 5.97 Å². The largest absolute Gasteiger partial charge is 0.465 e. The van der Waals surface area contributed by atoms with Gasteiger partial charge in [0.1, 0.15) is 23.9 Å². The Labute approximate surface area is 154 Å². The van der Waals surface area contributed by atoms with Gasteiger partial charge in [0.2, 0.25) is 0 Å². The normalized spacial score (nSPS) is 11.1. The third-order valence-corrected chi connectivity index (χ3v) is 4.26. The van der Waals surface area contributed by atoms with Crippen molar-refractivity contribution in [2.75, 3.05) is 7.11 Å². The van der Waals surface area contributed by atoms with E-state index >= 15 is 0 Å². The number of methoxy groups -OCH3 is 1. The second-order valence-corrected chi connectivity index (χ2v) is 6.11. The number of aromatic nitrogens is 3. The average molecular weight is 365 g/mol. The fraction of sp³-hybridized carbons (Fsp3) is 0.150. The summed E-state index contributed by atoms with van der Waals surface area (Å²) in [7, 11) is 1.32. The smallest absolute Gasteiger partial charge is 0.338 e. The number of esters is 1. The lowest BCUT2D eigenvalue weighted by molar-refractivity contribution is 0.0603. The molecule has 3 aromatic heterocycles. The van der Waals surface area contributed by atoms with Crippen LogP contribution in [0.3, 0.4) is 0 Å². The maximum Gasteiger partial charge on any atom is 0.338 e. The van der Waals surface area contributed by atoms with Gasteiger partial charge < -0.3 is 9.15 Å². The number of pyridine rings is 1. The van der Waals surface area contributed by atoms with Crippen molar-refractivity contribution in [2.24, 2.45) is 0 Å². The molecular weight excluding hydrogens is 349 g/mol. The van der Waals surface area contributed by atoms with Gasteiger partial charge in [-0.25, -0.2) is 18.9 Å². The number of nitrogens with zero attached hydrogens (tertiary/aromatic N) is 3. The first-order valence-corrected chi connectivity index (χ1v) is 8.31. The molecule has 27 heavy (non-hydrogen) atoms. The Morgan fingerprint density at radius 3 is 2.67 bits per heavy atom. The molecule has 6 nitrogen and oxygen atoms in total.